The van der Waals surface area contributed by atoms with Crippen molar-refractivity contribution in [3.8, 4) is 11.4 Å². The number of halogens is 1. The second-order valence-corrected chi connectivity index (χ2v) is 8.37. The summed E-state index contributed by atoms with van der Waals surface area (Å²) in [5.74, 6) is -1.03. The van der Waals surface area contributed by atoms with Gasteiger partial charge in [0.05, 0.1) is 10.7 Å². The van der Waals surface area contributed by atoms with Crippen molar-refractivity contribution in [1.82, 2.24) is 19.1 Å². The number of anilines is 1. The SMILES string of the molecule is Cn1c(=O)c2c(SCC(=O)Nc3cccc(F)c3)nc(-c3ccc([N+](=O)[O-])cc3)nc2n(C)c1=O. The molecule has 4 rings (SSSR count). The normalized spacial score (nSPS) is 10.9. The number of carbonyl (C=O) groups is 1. The zero-order valence-electron chi connectivity index (χ0n) is 18.4. The van der Waals surface area contributed by atoms with Crippen LogP contribution in [0.15, 0.2) is 63.1 Å². The number of carbonyl (C=O) groups excluding carboxylic acids is 1. The minimum absolute atomic E-state index is 0.0452. The molecule has 0 radical (unpaired) electrons. The highest BCUT2D eigenvalue weighted by Gasteiger charge is 2.19. The Balaban J connectivity index is 1.76. The molecule has 13 heteroatoms. The standard InChI is InChI=1S/C22H17FN6O5S/c1-27-19-17(21(31)28(2)22(27)32)20(35-11-16(30)24-14-5-3-4-13(23)10-14)26-18(25-19)12-6-8-15(9-7-12)29(33)34/h3-10H,11H2,1-2H3,(H,24,30). The van der Waals surface area contributed by atoms with Crippen LogP contribution >= 0.6 is 11.8 Å². The minimum atomic E-state index is -0.633. The monoisotopic (exact) mass is 496 g/mol. The molecule has 0 unspecified atom stereocenters. The Hall–Kier alpha value is -4.39. The van der Waals surface area contributed by atoms with Crippen LogP contribution in [0.2, 0.25) is 0 Å². The van der Waals surface area contributed by atoms with Gasteiger partial charge in [-0.2, -0.15) is 0 Å². The van der Waals surface area contributed by atoms with Crippen LogP contribution in [0.1, 0.15) is 0 Å². The number of aromatic nitrogens is 4. The number of nitro groups is 1. The zero-order chi connectivity index (χ0) is 25.3. The number of fused-ring (bicyclic) bond motifs is 1. The van der Waals surface area contributed by atoms with Gasteiger partial charge in [-0.15, -0.1) is 0 Å². The van der Waals surface area contributed by atoms with E-state index in [9.17, 15) is 28.9 Å². The lowest BCUT2D eigenvalue weighted by Gasteiger charge is -2.12. The maximum Gasteiger partial charge on any atom is 0.332 e. The number of rotatable bonds is 6. The predicted octanol–water partition coefficient (Wildman–Crippen LogP) is 2.47. The van der Waals surface area contributed by atoms with Gasteiger partial charge in [0, 0.05) is 37.5 Å². The molecule has 4 aromatic rings. The van der Waals surface area contributed by atoms with E-state index in [4.69, 9.17) is 0 Å². The Morgan fingerprint density at radius 2 is 1.83 bits per heavy atom. The van der Waals surface area contributed by atoms with Crippen LogP contribution in [-0.2, 0) is 18.9 Å². The van der Waals surface area contributed by atoms with Crippen molar-refractivity contribution in [1.29, 1.82) is 0 Å². The first-order valence-electron chi connectivity index (χ1n) is 10.1. The summed E-state index contributed by atoms with van der Waals surface area (Å²) >= 11 is 0.942. The van der Waals surface area contributed by atoms with Gasteiger partial charge < -0.3 is 5.32 Å². The van der Waals surface area contributed by atoms with Crippen LogP contribution in [0.3, 0.4) is 0 Å². The van der Waals surface area contributed by atoms with Gasteiger partial charge in [-0.3, -0.25) is 28.8 Å². The lowest BCUT2D eigenvalue weighted by molar-refractivity contribution is -0.384. The molecule has 2 aromatic heterocycles. The van der Waals surface area contributed by atoms with Crippen molar-refractivity contribution in [2.24, 2.45) is 14.1 Å². The molecule has 0 fully saturated rings. The summed E-state index contributed by atoms with van der Waals surface area (Å²) in [5, 5.41) is 13.7. The van der Waals surface area contributed by atoms with Crippen molar-refractivity contribution >= 4 is 40.1 Å². The predicted molar refractivity (Wildman–Crippen MR) is 128 cm³/mol. The van der Waals surface area contributed by atoms with E-state index in [0.29, 0.717) is 5.56 Å². The number of nitrogens with zero attached hydrogens (tertiary/aromatic N) is 5. The number of amides is 1. The lowest BCUT2D eigenvalue weighted by atomic mass is 10.2. The molecule has 0 saturated carbocycles. The van der Waals surface area contributed by atoms with E-state index in [1.807, 2.05) is 0 Å². The molecule has 0 aliphatic heterocycles. The fourth-order valence-electron chi connectivity index (χ4n) is 3.29. The average molecular weight is 496 g/mol. The molecule has 178 valence electrons. The molecular formula is C22H17FN6O5S. The van der Waals surface area contributed by atoms with Gasteiger partial charge in [-0.05, 0) is 30.3 Å². The zero-order valence-corrected chi connectivity index (χ0v) is 19.2. The van der Waals surface area contributed by atoms with E-state index in [2.05, 4.69) is 15.3 Å². The van der Waals surface area contributed by atoms with Gasteiger partial charge in [0.1, 0.15) is 16.2 Å². The van der Waals surface area contributed by atoms with E-state index in [-0.39, 0.29) is 39.0 Å². The summed E-state index contributed by atoms with van der Waals surface area (Å²) in [6.45, 7) is 0. The van der Waals surface area contributed by atoms with Gasteiger partial charge in [0.25, 0.3) is 11.2 Å². The molecule has 1 amide bonds. The second kappa shape index (κ2) is 9.46. The summed E-state index contributed by atoms with van der Waals surface area (Å²) in [6.07, 6.45) is 0. The highest BCUT2D eigenvalue weighted by molar-refractivity contribution is 8.00. The average Bonchev–Trinajstić information content (AvgIpc) is 2.84. The molecule has 11 nitrogen and oxygen atoms in total. The number of hydrogen-bond donors (Lipinski definition) is 1. The number of benzene rings is 2. The summed E-state index contributed by atoms with van der Waals surface area (Å²) < 4.78 is 15.5. The minimum Gasteiger partial charge on any atom is -0.325 e. The Labute approximate surface area is 200 Å². The van der Waals surface area contributed by atoms with E-state index >= 15 is 0 Å². The van der Waals surface area contributed by atoms with Crippen LogP contribution in [0.25, 0.3) is 22.4 Å². The molecule has 0 aliphatic carbocycles. The first kappa shape index (κ1) is 23.8. The fraction of sp³-hybridized carbons (Fsp3) is 0.136. The number of non-ortho nitro benzene ring substituents is 1. The number of nitrogens with one attached hydrogen (secondary N) is 1. The van der Waals surface area contributed by atoms with Crippen LogP contribution in [0, 0.1) is 15.9 Å². The summed E-state index contributed by atoms with van der Waals surface area (Å²) in [6, 6.07) is 10.9. The van der Waals surface area contributed by atoms with Crippen molar-refractivity contribution < 1.29 is 14.1 Å². The quantitative estimate of drug-likeness (QED) is 0.186. The Morgan fingerprint density at radius 1 is 1.11 bits per heavy atom. The molecule has 2 aromatic carbocycles. The topological polar surface area (TPSA) is 142 Å². The van der Waals surface area contributed by atoms with Crippen LogP contribution < -0.4 is 16.6 Å². The van der Waals surface area contributed by atoms with Crippen molar-refractivity contribution in [2.45, 2.75) is 5.03 Å². The number of thioether (sulfide) groups is 1. The molecule has 0 saturated heterocycles. The molecule has 0 spiro atoms. The summed E-state index contributed by atoms with van der Waals surface area (Å²) in [7, 11) is 2.77. The van der Waals surface area contributed by atoms with Gasteiger partial charge in [0.15, 0.2) is 11.5 Å². The third-order valence-electron chi connectivity index (χ3n) is 5.05. The van der Waals surface area contributed by atoms with E-state index in [0.717, 1.165) is 16.3 Å². The highest BCUT2D eigenvalue weighted by Crippen LogP contribution is 2.27. The maximum atomic E-state index is 13.4. The molecule has 0 atom stereocenters. The van der Waals surface area contributed by atoms with Crippen LogP contribution in [0.4, 0.5) is 15.8 Å². The van der Waals surface area contributed by atoms with Crippen LogP contribution in [0.5, 0.6) is 0 Å². The molecule has 1 N–H and O–H groups in total. The number of hydrogen-bond acceptors (Lipinski definition) is 8. The van der Waals surface area contributed by atoms with E-state index in [1.54, 1.807) is 0 Å². The van der Waals surface area contributed by atoms with Gasteiger partial charge >= 0.3 is 5.69 Å². The highest BCUT2D eigenvalue weighted by atomic mass is 32.2. The third-order valence-corrected chi connectivity index (χ3v) is 6.03. The van der Waals surface area contributed by atoms with E-state index < -0.39 is 27.9 Å². The third kappa shape index (κ3) is 4.80. The smallest absolute Gasteiger partial charge is 0.325 e. The van der Waals surface area contributed by atoms with Crippen LogP contribution in [-0.4, -0.2) is 35.7 Å². The number of aryl methyl sites for hydroxylation is 1. The number of nitro benzene ring substituents is 1. The van der Waals surface area contributed by atoms with Crippen molar-refractivity contribution in [3.05, 3.63) is 85.3 Å². The van der Waals surface area contributed by atoms with Crippen molar-refractivity contribution in [3.63, 3.8) is 0 Å². The first-order chi connectivity index (χ1) is 16.7. The lowest BCUT2D eigenvalue weighted by Crippen LogP contribution is -2.37. The van der Waals surface area contributed by atoms with Gasteiger partial charge in [-0.1, -0.05) is 17.8 Å². The molecule has 35 heavy (non-hydrogen) atoms. The maximum absolute atomic E-state index is 13.4. The Kier molecular flexibility index (Phi) is 6.42. The molecule has 0 bridgehead atoms. The summed E-state index contributed by atoms with van der Waals surface area (Å²) in [4.78, 5) is 57.0. The van der Waals surface area contributed by atoms with Gasteiger partial charge in [-0.25, -0.2) is 19.2 Å². The molecule has 2 heterocycles. The first-order valence-corrected chi connectivity index (χ1v) is 11.0. The molecular weight excluding hydrogens is 479 g/mol. The second-order valence-electron chi connectivity index (χ2n) is 7.41. The largest absolute Gasteiger partial charge is 0.332 e. The molecule has 0 aliphatic rings. The van der Waals surface area contributed by atoms with E-state index in [1.165, 1.54) is 67.2 Å². The Bertz CT molecular complexity index is 1600. The summed E-state index contributed by atoms with van der Waals surface area (Å²) in [5.41, 5.74) is -0.624. The van der Waals surface area contributed by atoms with Gasteiger partial charge in [0.2, 0.25) is 5.91 Å². The fourth-order valence-corrected chi connectivity index (χ4v) is 4.11. The van der Waals surface area contributed by atoms with Crippen molar-refractivity contribution in [2.75, 3.05) is 11.1 Å². The Morgan fingerprint density at radius 3 is 2.49 bits per heavy atom.